The lowest BCUT2D eigenvalue weighted by Gasteiger charge is -2.06. The van der Waals surface area contributed by atoms with Crippen molar-refractivity contribution in [3.05, 3.63) is 69.8 Å². The summed E-state index contributed by atoms with van der Waals surface area (Å²) < 4.78 is 9.75. The van der Waals surface area contributed by atoms with Gasteiger partial charge in [-0.3, -0.25) is 14.9 Å². The zero-order valence-corrected chi connectivity index (χ0v) is 12.2. The molecule has 2 aromatic carbocycles. The highest BCUT2D eigenvalue weighted by Gasteiger charge is 2.19. The van der Waals surface area contributed by atoms with Crippen molar-refractivity contribution < 1.29 is 24.0 Å². The number of nitro benzene ring substituents is 1. The van der Waals surface area contributed by atoms with Gasteiger partial charge in [0.05, 0.1) is 17.6 Å². The predicted octanol–water partition coefficient (Wildman–Crippen LogP) is 2.64. The molecular weight excluding hydrogens is 302 g/mol. The van der Waals surface area contributed by atoms with E-state index in [-0.39, 0.29) is 22.8 Å². The van der Waals surface area contributed by atoms with E-state index in [9.17, 15) is 19.7 Å². The number of ether oxygens (including phenoxy) is 2. The van der Waals surface area contributed by atoms with Crippen LogP contribution in [0.25, 0.3) is 0 Å². The Labute approximate surface area is 131 Å². The molecule has 23 heavy (non-hydrogen) atoms. The van der Waals surface area contributed by atoms with Gasteiger partial charge in [0.2, 0.25) is 0 Å². The third-order valence-corrected chi connectivity index (χ3v) is 3.04. The second-order valence-corrected chi connectivity index (χ2v) is 4.51. The Morgan fingerprint density at radius 2 is 1.78 bits per heavy atom. The lowest BCUT2D eigenvalue weighted by molar-refractivity contribution is -0.385. The molecule has 0 radical (unpaired) electrons. The molecule has 118 valence electrons. The van der Waals surface area contributed by atoms with Crippen LogP contribution in [0.2, 0.25) is 0 Å². The second kappa shape index (κ2) is 7.17. The van der Waals surface area contributed by atoms with E-state index in [0.717, 1.165) is 6.07 Å². The van der Waals surface area contributed by atoms with Gasteiger partial charge in [-0.15, -0.1) is 0 Å². The van der Waals surface area contributed by atoms with Crippen molar-refractivity contribution in [2.75, 3.05) is 13.7 Å². The normalized spacial score (nSPS) is 9.96. The molecule has 7 nitrogen and oxygen atoms in total. The highest BCUT2D eigenvalue weighted by Crippen LogP contribution is 2.27. The minimum atomic E-state index is -0.819. The summed E-state index contributed by atoms with van der Waals surface area (Å²) in [5, 5.41) is 10.9. The average molecular weight is 315 g/mol. The largest absolute Gasteiger partial charge is 0.490 e. The first-order valence-corrected chi connectivity index (χ1v) is 6.60. The summed E-state index contributed by atoms with van der Waals surface area (Å²) in [6.45, 7) is -0.442. The first kappa shape index (κ1) is 16.2. The van der Waals surface area contributed by atoms with Crippen molar-refractivity contribution in [2.45, 2.75) is 0 Å². The number of nitrogens with zero attached hydrogens (tertiary/aromatic N) is 1. The maximum atomic E-state index is 11.9. The van der Waals surface area contributed by atoms with Crippen molar-refractivity contribution in [1.82, 2.24) is 0 Å². The summed E-state index contributed by atoms with van der Waals surface area (Å²) in [6.07, 6.45) is 0. The van der Waals surface area contributed by atoms with Crippen LogP contribution in [-0.4, -0.2) is 30.4 Å². The Kier molecular flexibility index (Phi) is 5.03. The van der Waals surface area contributed by atoms with Gasteiger partial charge in [0, 0.05) is 11.6 Å². The van der Waals surface area contributed by atoms with E-state index < -0.39 is 17.5 Å². The van der Waals surface area contributed by atoms with E-state index >= 15 is 0 Å². The number of esters is 1. The van der Waals surface area contributed by atoms with Gasteiger partial charge in [0.1, 0.15) is 0 Å². The van der Waals surface area contributed by atoms with Gasteiger partial charge in [0.25, 0.3) is 0 Å². The second-order valence-electron chi connectivity index (χ2n) is 4.51. The SMILES string of the molecule is COc1ccc(C(=O)OCC(=O)c2ccccc2)cc1[N+](=O)[O-]. The molecule has 2 aromatic rings. The smallest absolute Gasteiger partial charge is 0.338 e. The van der Waals surface area contributed by atoms with Crippen LogP contribution >= 0.6 is 0 Å². The third kappa shape index (κ3) is 3.91. The summed E-state index contributed by atoms with van der Waals surface area (Å²) in [4.78, 5) is 34.0. The molecule has 0 saturated carbocycles. The molecule has 0 amide bonds. The fourth-order valence-corrected chi connectivity index (χ4v) is 1.88. The van der Waals surface area contributed by atoms with Gasteiger partial charge < -0.3 is 9.47 Å². The number of ketones is 1. The molecule has 0 aliphatic rings. The Morgan fingerprint density at radius 1 is 1.09 bits per heavy atom. The van der Waals surface area contributed by atoms with Crippen LogP contribution in [-0.2, 0) is 4.74 Å². The van der Waals surface area contributed by atoms with Gasteiger partial charge >= 0.3 is 11.7 Å². The first-order chi connectivity index (χ1) is 11.0. The van der Waals surface area contributed by atoms with Gasteiger partial charge in [-0.1, -0.05) is 30.3 Å². The molecule has 0 unspecified atom stereocenters. The third-order valence-electron chi connectivity index (χ3n) is 3.04. The summed E-state index contributed by atoms with van der Waals surface area (Å²) >= 11 is 0. The number of hydrogen-bond acceptors (Lipinski definition) is 6. The number of Topliss-reactive ketones (excluding diaryl/α,β-unsaturated/α-hetero) is 1. The maximum Gasteiger partial charge on any atom is 0.338 e. The van der Waals surface area contributed by atoms with Crippen LogP contribution in [0, 0.1) is 10.1 Å². The molecule has 0 saturated heterocycles. The minimum Gasteiger partial charge on any atom is -0.490 e. The fourth-order valence-electron chi connectivity index (χ4n) is 1.88. The maximum absolute atomic E-state index is 11.9. The standard InChI is InChI=1S/C16H13NO6/c1-22-15-8-7-12(9-13(15)17(20)21)16(19)23-10-14(18)11-5-3-2-4-6-11/h2-9H,10H2,1H3. The molecule has 0 aromatic heterocycles. The summed E-state index contributed by atoms with van der Waals surface area (Å²) in [7, 11) is 1.29. The Bertz CT molecular complexity index is 741. The van der Waals surface area contributed by atoms with E-state index in [1.165, 1.54) is 19.2 Å². The molecule has 0 aliphatic heterocycles. The molecule has 7 heteroatoms. The number of methoxy groups -OCH3 is 1. The number of hydrogen-bond donors (Lipinski definition) is 0. The molecule has 0 aliphatic carbocycles. The van der Waals surface area contributed by atoms with Crippen LogP contribution in [0.3, 0.4) is 0 Å². The molecule has 0 heterocycles. The molecule has 0 spiro atoms. The van der Waals surface area contributed by atoms with Crippen LogP contribution < -0.4 is 4.74 Å². The molecule has 0 atom stereocenters. The Morgan fingerprint density at radius 3 is 2.39 bits per heavy atom. The number of benzene rings is 2. The van der Waals surface area contributed by atoms with Gasteiger partial charge in [0.15, 0.2) is 18.1 Å². The number of carbonyl (C=O) groups excluding carboxylic acids is 2. The number of carbonyl (C=O) groups is 2. The highest BCUT2D eigenvalue weighted by atomic mass is 16.6. The zero-order chi connectivity index (χ0) is 16.8. The fraction of sp³-hybridized carbons (Fsp3) is 0.125. The lowest BCUT2D eigenvalue weighted by atomic mass is 10.1. The quantitative estimate of drug-likeness (QED) is 0.352. The van der Waals surface area contributed by atoms with Gasteiger partial charge in [-0.05, 0) is 12.1 Å². The van der Waals surface area contributed by atoms with Crippen LogP contribution in [0.4, 0.5) is 5.69 Å². The van der Waals surface area contributed by atoms with Crippen LogP contribution in [0.1, 0.15) is 20.7 Å². The first-order valence-electron chi connectivity index (χ1n) is 6.60. The highest BCUT2D eigenvalue weighted by molar-refractivity contribution is 5.99. The zero-order valence-electron chi connectivity index (χ0n) is 12.2. The molecular formula is C16H13NO6. The number of rotatable bonds is 6. The van der Waals surface area contributed by atoms with Crippen molar-refractivity contribution in [3.63, 3.8) is 0 Å². The van der Waals surface area contributed by atoms with E-state index in [1.54, 1.807) is 30.3 Å². The van der Waals surface area contributed by atoms with E-state index in [1.807, 2.05) is 0 Å². The minimum absolute atomic E-state index is 0.0293. The summed E-state index contributed by atoms with van der Waals surface area (Å²) in [5.74, 6) is -1.14. The van der Waals surface area contributed by atoms with Gasteiger partial charge in [-0.2, -0.15) is 0 Å². The number of nitro groups is 1. The topological polar surface area (TPSA) is 95.7 Å². The lowest BCUT2D eigenvalue weighted by Crippen LogP contribution is -2.14. The van der Waals surface area contributed by atoms with Crippen LogP contribution in [0.5, 0.6) is 5.75 Å². The molecule has 0 fully saturated rings. The average Bonchev–Trinajstić information content (AvgIpc) is 2.59. The molecule has 0 bridgehead atoms. The molecule has 0 N–H and O–H groups in total. The van der Waals surface area contributed by atoms with Crippen molar-refractivity contribution >= 4 is 17.4 Å². The predicted molar refractivity (Wildman–Crippen MR) is 80.7 cm³/mol. The monoisotopic (exact) mass is 315 g/mol. The van der Waals surface area contributed by atoms with Crippen molar-refractivity contribution in [3.8, 4) is 5.75 Å². The van der Waals surface area contributed by atoms with E-state index in [4.69, 9.17) is 9.47 Å². The van der Waals surface area contributed by atoms with Gasteiger partial charge in [-0.25, -0.2) is 4.79 Å². The van der Waals surface area contributed by atoms with Crippen LogP contribution in [0.15, 0.2) is 48.5 Å². The Balaban J connectivity index is 2.08. The van der Waals surface area contributed by atoms with Crippen molar-refractivity contribution in [1.29, 1.82) is 0 Å². The molecule has 2 rings (SSSR count). The Hall–Kier alpha value is -3.22. The van der Waals surface area contributed by atoms with Crippen molar-refractivity contribution in [2.24, 2.45) is 0 Å². The van der Waals surface area contributed by atoms with E-state index in [0.29, 0.717) is 5.56 Å². The summed E-state index contributed by atoms with van der Waals surface area (Å²) in [5.41, 5.74) is 0.0377. The summed E-state index contributed by atoms with van der Waals surface area (Å²) in [6, 6.07) is 12.1. The van der Waals surface area contributed by atoms with E-state index in [2.05, 4.69) is 0 Å².